The maximum atomic E-state index is 13.4. The van der Waals surface area contributed by atoms with Crippen LogP contribution in [-0.2, 0) is 6.54 Å². The molecule has 0 atom stereocenters. The van der Waals surface area contributed by atoms with Crippen LogP contribution in [0.4, 0.5) is 10.1 Å². The summed E-state index contributed by atoms with van der Waals surface area (Å²) in [5.74, 6) is -0.829. The Hall–Kier alpha value is -3.41. The van der Waals surface area contributed by atoms with Gasteiger partial charge in [0.1, 0.15) is 17.1 Å². The number of anilines is 1. The Kier molecular flexibility index (Phi) is 5.89. The number of carbonyl (C=O) groups excluding carboxylic acids is 1. The summed E-state index contributed by atoms with van der Waals surface area (Å²) < 4.78 is 20.3. The lowest BCUT2D eigenvalue weighted by molar-refractivity contribution is 0.102. The Balaban J connectivity index is 1.86. The van der Waals surface area contributed by atoms with Crippen LogP contribution in [-0.4, -0.2) is 17.1 Å². The van der Waals surface area contributed by atoms with Crippen molar-refractivity contribution in [1.29, 1.82) is 0 Å². The lowest BCUT2D eigenvalue weighted by Crippen LogP contribution is -2.29. The standard InChI is InChI=1S/C22H21FN2O3/c1-3-28-20-13-17(23)9-10-19(20)24-21(26)18-8-5-11-25(22(18)27)14-16-7-4-6-15(2)12-16/h4-13H,3,14H2,1-2H3,(H,24,26). The molecule has 28 heavy (non-hydrogen) atoms. The van der Waals surface area contributed by atoms with E-state index in [4.69, 9.17) is 4.74 Å². The molecule has 0 aliphatic heterocycles. The van der Waals surface area contributed by atoms with Gasteiger partial charge in [-0.25, -0.2) is 4.39 Å². The Morgan fingerprint density at radius 1 is 1.14 bits per heavy atom. The summed E-state index contributed by atoms with van der Waals surface area (Å²) in [7, 11) is 0. The number of nitrogens with zero attached hydrogens (tertiary/aromatic N) is 1. The Labute approximate surface area is 162 Å². The largest absolute Gasteiger partial charge is 0.492 e. The SMILES string of the molecule is CCOc1cc(F)ccc1NC(=O)c1cccn(Cc2cccc(C)c2)c1=O. The van der Waals surface area contributed by atoms with Crippen molar-refractivity contribution in [2.75, 3.05) is 11.9 Å². The minimum atomic E-state index is -0.573. The summed E-state index contributed by atoms with van der Waals surface area (Å²) in [6.45, 7) is 4.43. The van der Waals surface area contributed by atoms with E-state index in [9.17, 15) is 14.0 Å². The van der Waals surface area contributed by atoms with Crippen LogP contribution in [0.5, 0.6) is 5.75 Å². The fourth-order valence-corrected chi connectivity index (χ4v) is 2.91. The molecule has 3 rings (SSSR count). The first-order valence-electron chi connectivity index (χ1n) is 8.96. The average Bonchev–Trinajstić information content (AvgIpc) is 2.66. The number of rotatable bonds is 6. The first-order valence-corrected chi connectivity index (χ1v) is 8.96. The summed E-state index contributed by atoms with van der Waals surface area (Å²) in [5.41, 5.74) is 1.97. The number of carbonyl (C=O) groups is 1. The van der Waals surface area contributed by atoms with Crippen molar-refractivity contribution in [2.45, 2.75) is 20.4 Å². The minimum Gasteiger partial charge on any atom is -0.492 e. The molecule has 0 fully saturated rings. The van der Waals surface area contributed by atoms with Crippen LogP contribution in [0.2, 0.25) is 0 Å². The zero-order valence-electron chi connectivity index (χ0n) is 15.7. The molecule has 0 radical (unpaired) electrons. The van der Waals surface area contributed by atoms with Gasteiger partial charge in [0.25, 0.3) is 11.5 Å². The molecule has 0 aliphatic rings. The van der Waals surface area contributed by atoms with Crippen molar-refractivity contribution in [2.24, 2.45) is 0 Å². The predicted octanol–water partition coefficient (Wildman–Crippen LogP) is 4.00. The van der Waals surface area contributed by atoms with Gasteiger partial charge in [-0.1, -0.05) is 29.8 Å². The third kappa shape index (κ3) is 4.46. The van der Waals surface area contributed by atoms with Crippen LogP contribution in [0.15, 0.2) is 65.6 Å². The van der Waals surface area contributed by atoms with Crippen molar-refractivity contribution < 1.29 is 13.9 Å². The molecule has 2 aromatic carbocycles. The van der Waals surface area contributed by atoms with E-state index in [0.717, 1.165) is 11.1 Å². The van der Waals surface area contributed by atoms with E-state index in [2.05, 4.69) is 5.32 Å². The second-order valence-electron chi connectivity index (χ2n) is 6.37. The van der Waals surface area contributed by atoms with E-state index in [-0.39, 0.29) is 11.3 Å². The number of hydrogen-bond acceptors (Lipinski definition) is 3. The molecule has 0 saturated heterocycles. The predicted molar refractivity (Wildman–Crippen MR) is 107 cm³/mol. The van der Waals surface area contributed by atoms with Gasteiger partial charge in [0.15, 0.2) is 0 Å². The van der Waals surface area contributed by atoms with Crippen molar-refractivity contribution in [3.63, 3.8) is 0 Å². The molecule has 0 unspecified atom stereocenters. The average molecular weight is 380 g/mol. The third-order valence-corrected chi connectivity index (χ3v) is 4.19. The van der Waals surface area contributed by atoms with Gasteiger partial charge >= 0.3 is 0 Å². The maximum absolute atomic E-state index is 13.4. The highest BCUT2D eigenvalue weighted by Crippen LogP contribution is 2.25. The van der Waals surface area contributed by atoms with E-state index in [1.54, 1.807) is 19.2 Å². The van der Waals surface area contributed by atoms with Crippen LogP contribution < -0.4 is 15.6 Å². The summed E-state index contributed by atoms with van der Waals surface area (Å²) in [6, 6.07) is 14.8. The molecule has 1 N–H and O–H groups in total. The first kappa shape index (κ1) is 19.4. The fraction of sp³-hybridized carbons (Fsp3) is 0.182. The molecular weight excluding hydrogens is 359 g/mol. The molecule has 0 aliphatic carbocycles. The molecule has 6 heteroatoms. The van der Waals surface area contributed by atoms with E-state index < -0.39 is 17.3 Å². The Bertz CT molecular complexity index is 1060. The molecular formula is C22H21FN2O3. The molecule has 3 aromatic rings. The molecule has 5 nitrogen and oxygen atoms in total. The molecule has 1 heterocycles. The van der Waals surface area contributed by atoms with Gasteiger partial charge < -0.3 is 14.6 Å². The summed E-state index contributed by atoms with van der Waals surface area (Å²) in [5, 5.41) is 2.64. The highest BCUT2D eigenvalue weighted by molar-refractivity contribution is 6.04. The number of amides is 1. The van der Waals surface area contributed by atoms with Gasteiger partial charge in [-0.3, -0.25) is 9.59 Å². The number of aryl methyl sites for hydroxylation is 1. The van der Waals surface area contributed by atoms with E-state index in [1.165, 1.54) is 28.8 Å². The fourth-order valence-electron chi connectivity index (χ4n) is 2.91. The Morgan fingerprint density at radius 3 is 2.71 bits per heavy atom. The van der Waals surface area contributed by atoms with Crippen molar-refractivity contribution in [1.82, 2.24) is 4.57 Å². The van der Waals surface area contributed by atoms with Crippen molar-refractivity contribution >= 4 is 11.6 Å². The second-order valence-corrected chi connectivity index (χ2v) is 6.37. The van der Waals surface area contributed by atoms with E-state index in [0.29, 0.717) is 18.8 Å². The van der Waals surface area contributed by atoms with Crippen LogP contribution in [0, 0.1) is 12.7 Å². The van der Waals surface area contributed by atoms with Crippen LogP contribution in [0.3, 0.4) is 0 Å². The van der Waals surface area contributed by atoms with Crippen molar-refractivity contribution in [3.05, 3.63) is 93.7 Å². The van der Waals surface area contributed by atoms with Crippen LogP contribution >= 0.6 is 0 Å². The van der Waals surface area contributed by atoms with Gasteiger partial charge in [-0.2, -0.15) is 0 Å². The minimum absolute atomic E-state index is 0.00178. The molecule has 1 amide bonds. The van der Waals surface area contributed by atoms with E-state index in [1.807, 2.05) is 31.2 Å². The highest BCUT2D eigenvalue weighted by Gasteiger charge is 2.15. The van der Waals surface area contributed by atoms with Gasteiger partial charge in [-0.05, 0) is 43.7 Å². The molecule has 144 valence electrons. The smallest absolute Gasteiger partial charge is 0.263 e. The maximum Gasteiger partial charge on any atom is 0.263 e. The summed E-state index contributed by atoms with van der Waals surface area (Å²) in [4.78, 5) is 25.4. The number of halogens is 1. The number of benzene rings is 2. The lowest BCUT2D eigenvalue weighted by Gasteiger charge is -2.12. The van der Waals surface area contributed by atoms with Crippen molar-refractivity contribution in [3.8, 4) is 5.75 Å². The van der Waals surface area contributed by atoms with Crippen LogP contribution in [0.1, 0.15) is 28.4 Å². The Morgan fingerprint density at radius 2 is 1.96 bits per heavy atom. The van der Waals surface area contributed by atoms with Gasteiger partial charge in [0.05, 0.1) is 18.8 Å². The topological polar surface area (TPSA) is 60.3 Å². The lowest BCUT2D eigenvalue weighted by atomic mass is 10.1. The van der Waals surface area contributed by atoms with Gasteiger partial charge in [-0.15, -0.1) is 0 Å². The number of pyridine rings is 1. The monoisotopic (exact) mass is 380 g/mol. The highest BCUT2D eigenvalue weighted by atomic mass is 19.1. The van der Waals surface area contributed by atoms with E-state index >= 15 is 0 Å². The second kappa shape index (κ2) is 8.52. The van der Waals surface area contributed by atoms with Gasteiger partial charge in [0, 0.05) is 12.3 Å². The number of nitrogens with one attached hydrogen (secondary N) is 1. The number of hydrogen-bond donors (Lipinski definition) is 1. The first-order chi connectivity index (χ1) is 13.5. The number of aromatic nitrogens is 1. The number of ether oxygens (including phenoxy) is 1. The zero-order chi connectivity index (χ0) is 20.1. The normalized spacial score (nSPS) is 10.5. The molecule has 0 spiro atoms. The quantitative estimate of drug-likeness (QED) is 0.703. The van der Waals surface area contributed by atoms with Crippen LogP contribution in [0.25, 0.3) is 0 Å². The summed E-state index contributed by atoms with van der Waals surface area (Å²) >= 11 is 0. The summed E-state index contributed by atoms with van der Waals surface area (Å²) in [6.07, 6.45) is 1.64. The molecule has 0 saturated carbocycles. The molecule has 1 aromatic heterocycles. The zero-order valence-corrected chi connectivity index (χ0v) is 15.7. The van der Waals surface area contributed by atoms with Gasteiger partial charge in [0.2, 0.25) is 0 Å². The third-order valence-electron chi connectivity index (χ3n) is 4.19. The molecule has 0 bridgehead atoms.